The van der Waals surface area contributed by atoms with E-state index in [4.69, 9.17) is 11.6 Å². The standard InChI is InChI=1S/C12H6ClF2NO/c13-12-11(6-17)10(1-2-16-12)7-3-8(14)5-9(15)4-7/h1-6H. The Bertz CT molecular complexity index is 566. The summed E-state index contributed by atoms with van der Waals surface area (Å²) in [5.41, 5.74) is 0.700. The van der Waals surface area contributed by atoms with Crippen molar-refractivity contribution in [3.05, 3.63) is 52.8 Å². The fourth-order valence-electron chi connectivity index (χ4n) is 1.52. The Morgan fingerprint density at radius 1 is 1.18 bits per heavy atom. The molecule has 17 heavy (non-hydrogen) atoms. The highest BCUT2D eigenvalue weighted by Crippen LogP contribution is 2.27. The maximum absolute atomic E-state index is 13.1. The molecule has 1 heterocycles. The minimum absolute atomic E-state index is 0.00201. The van der Waals surface area contributed by atoms with Crippen molar-refractivity contribution in [2.45, 2.75) is 0 Å². The van der Waals surface area contributed by atoms with Crippen molar-refractivity contribution in [2.24, 2.45) is 0 Å². The molecule has 0 amide bonds. The Morgan fingerprint density at radius 3 is 2.41 bits per heavy atom. The summed E-state index contributed by atoms with van der Waals surface area (Å²) in [6, 6.07) is 4.49. The van der Waals surface area contributed by atoms with Gasteiger partial charge in [-0.05, 0) is 29.3 Å². The molecule has 0 spiro atoms. The summed E-state index contributed by atoms with van der Waals surface area (Å²) >= 11 is 5.73. The third-order valence-electron chi connectivity index (χ3n) is 2.23. The maximum atomic E-state index is 13.1. The van der Waals surface area contributed by atoms with Crippen LogP contribution < -0.4 is 0 Å². The lowest BCUT2D eigenvalue weighted by Gasteiger charge is -2.06. The molecule has 5 heteroatoms. The zero-order valence-corrected chi connectivity index (χ0v) is 9.21. The fourth-order valence-corrected chi connectivity index (χ4v) is 1.72. The number of hydrogen-bond acceptors (Lipinski definition) is 2. The lowest BCUT2D eigenvalue weighted by Crippen LogP contribution is -1.93. The number of carbonyl (C=O) groups is 1. The van der Waals surface area contributed by atoms with Gasteiger partial charge in [-0.25, -0.2) is 13.8 Å². The Morgan fingerprint density at radius 2 is 1.82 bits per heavy atom. The number of rotatable bonds is 2. The van der Waals surface area contributed by atoms with Gasteiger partial charge in [0.15, 0.2) is 6.29 Å². The first-order valence-corrected chi connectivity index (χ1v) is 5.06. The van der Waals surface area contributed by atoms with Gasteiger partial charge in [0.1, 0.15) is 16.8 Å². The summed E-state index contributed by atoms with van der Waals surface area (Å²) in [6.45, 7) is 0. The number of pyridine rings is 1. The van der Waals surface area contributed by atoms with Crippen LogP contribution >= 0.6 is 11.6 Å². The molecule has 86 valence electrons. The molecule has 0 N–H and O–H groups in total. The molecule has 0 aliphatic rings. The largest absolute Gasteiger partial charge is 0.298 e. The van der Waals surface area contributed by atoms with Gasteiger partial charge in [0, 0.05) is 12.3 Å². The number of nitrogens with zero attached hydrogens (tertiary/aromatic N) is 1. The molecule has 2 aromatic rings. The van der Waals surface area contributed by atoms with Gasteiger partial charge >= 0.3 is 0 Å². The Labute approximate surface area is 101 Å². The van der Waals surface area contributed by atoms with Gasteiger partial charge in [-0.2, -0.15) is 0 Å². The molecule has 0 bridgehead atoms. The van der Waals surface area contributed by atoms with Crippen LogP contribution in [0.5, 0.6) is 0 Å². The monoisotopic (exact) mass is 253 g/mol. The molecule has 1 aromatic heterocycles. The zero-order chi connectivity index (χ0) is 12.4. The third kappa shape index (κ3) is 2.31. The van der Waals surface area contributed by atoms with Gasteiger partial charge < -0.3 is 0 Å². The second-order valence-corrected chi connectivity index (χ2v) is 3.70. The van der Waals surface area contributed by atoms with Gasteiger partial charge in [0.05, 0.1) is 5.56 Å². The molecule has 0 radical (unpaired) electrons. The van der Waals surface area contributed by atoms with E-state index < -0.39 is 11.6 Å². The van der Waals surface area contributed by atoms with Gasteiger partial charge in [-0.1, -0.05) is 11.6 Å². The van der Waals surface area contributed by atoms with E-state index in [9.17, 15) is 13.6 Å². The van der Waals surface area contributed by atoms with E-state index in [1.807, 2.05) is 0 Å². The van der Waals surface area contributed by atoms with E-state index in [-0.39, 0.29) is 16.3 Å². The predicted molar refractivity (Wildman–Crippen MR) is 60.0 cm³/mol. The van der Waals surface area contributed by atoms with Crippen molar-refractivity contribution in [1.82, 2.24) is 4.98 Å². The highest BCUT2D eigenvalue weighted by molar-refractivity contribution is 6.32. The second-order valence-electron chi connectivity index (χ2n) is 3.34. The van der Waals surface area contributed by atoms with E-state index in [0.29, 0.717) is 11.8 Å². The van der Waals surface area contributed by atoms with E-state index in [1.54, 1.807) is 0 Å². The van der Waals surface area contributed by atoms with Gasteiger partial charge in [0.25, 0.3) is 0 Å². The van der Waals surface area contributed by atoms with Crippen molar-refractivity contribution in [3.8, 4) is 11.1 Å². The van der Waals surface area contributed by atoms with E-state index in [0.717, 1.165) is 18.2 Å². The number of carbonyl (C=O) groups excluding carboxylic acids is 1. The maximum Gasteiger partial charge on any atom is 0.153 e. The molecular weight excluding hydrogens is 248 g/mol. The molecular formula is C12H6ClF2NO. The molecule has 2 rings (SSSR count). The SMILES string of the molecule is O=Cc1c(-c2cc(F)cc(F)c2)ccnc1Cl. The fraction of sp³-hybridized carbons (Fsp3) is 0. The first kappa shape index (κ1) is 11.7. The highest BCUT2D eigenvalue weighted by atomic mass is 35.5. The topological polar surface area (TPSA) is 30.0 Å². The number of benzene rings is 1. The van der Waals surface area contributed by atoms with Crippen molar-refractivity contribution in [2.75, 3.05) is 0 Å². The Kier molecular flexibility index (Phi) is 3.15. The minimum Gasteiger partial charge on any atom is -0.298 e. The summed E-state index contributed by atoms with van der Waals surface area (Å²) in [5, 5.41) is 0.00201. The number of aromatic nitrogens is 1. The molecule has 0 atom stereocenters. The predicted octanol–water partition coefficient (Wildman–Crippen LogP) is 3.49. The summed E-state index contributed by atoms with van der Waals surface area (Å²) in [7, 11) is 0. The number of aldehydes is 1. The van der Waals surface area contributed by atoms with Crippen LogP contribution in [0.15, 0.2) is 30.5 Å². The van der Waals surface area contributed by atoms with Gasteiger partial charge in [0.2, 0.25) is 0 Å². The van der Waals surface area contributed by atoms with E-state index in [2.05, 4.69) is 4.98 Å². The summed E-state index contributed by atoms with van der Waals surface area (Å²) in [5.74, 6) is -1.44. The van der Waals surface area contributed by atoms with E-state index >= 15 is 0 Å². The Balaban J connectivity index is 2.67. The van der Waals surface area contributed by atoms with Gasteiger partial charge in [-0.3, -0.25) is 4.79 Å². The van der Waals surface area contributed by atoms with Crippen molar-refractivity contribution in [3.63, 3.8) is 0 Å². The van der Waals surface area contributed by atoms with Crippen LogP contribution in [-0.4, -0.2) is 11.3 Å². The smallest absolute Gasteiger partial charge is 0.153 e. The second kappa shape index (κ2) is 4.59. The quantitative estimate of drug-likeness (QED) is 0.606. The van der Waals surface area contributed by atoms with Crippen molar-refractivity contribution >= 4 is 17.9 Å². The van der Waals surface area contributed by atoms with Crippen LogP contribution in [0.4, 0.5) is 8.78 Å². The number of hydrogen-bond donors (Lipinski definition) is 0. The van der Waals surface area contributed by atoms with Crippen LogP contribution in [0.25, 0.3) is 11.1 Å². The molecule has 0 aliphatic heterocycles. The first-order valence-electron chi connectivity index (χ1n) is 4.68. The van der Waals surface area contributed by atoms with Crippen LogP contribution in [0.1, 0.15) is 10.4 Å². The Hall–Kier alpha value is -1.81. The van der Waals surface area contributed by atoms with E-state index in [1.165, 1.54) is 12.3 Å². The summed E-state index contributed by atoms with van der Waals surface area (Å²) < 4.78 is 26.1. The average Bonchev–Trinajstić information content (AvgIpc) is 2.27. The highest BCUT2D eigenvalue weighted by Gasteiger charge is 2.11. The van der Waals surface area contributed by atoms with Crippen LogP contribution in [0, 0.1) is 11.6 Å². The normalized spacial score (nSPS) is 10.3. The third-order valence-corrected chi connectivity index (χ3v) is 2.53. The van der Waals surface area contributed by atoms with Crippen molar-refractivity contribution < 1.29 is 13.6 Å². The van der Waals surface area contributed by atoms with Crippen LogP contribution in [0.3, 0.4) is 0 Å². The minimum atomic E-state index is -0.718. The molecule has 0 aliphatic carbocycles. The molecule has 2 nitrogen and oxygen atoms in total. The molecule has 0 saturated heterocycles. The molecule has 0 fully saturated rings. The summed E-state index contributed by atoms with van der Waals surface area (Å²) in [4.78, 5) is 14.6. The average molecular weight is 254 g/mol. The number of halogens is 3. The van der Waals surface area contributed by atoms with Crippen LogP contribution in [-0.2, 0) is 0 Å². The molecule has 0 unspecified atom stereocenters. The lowest BCUT2D eigenvalue weighted by atomic mass is 10.0. The van der Waals surface area contributed by atoms with Crippen LogP contribution in [0.2, 0.25) is 5.15 Å². The zero-order valence-electron chi connectivity index (χ0n) is 8.45. The summed E-state index contributed by atoms with van der Waals surface area (Å²) in [6.07, 6.45) is 1.88. The van der Waals surface area contributed by atoms with Gasteiger partial charge in [-0.15, -0.1) is 0 Å². The first-order chi connectivity index (χ1) is 8.11. The molecule has 0 saturated carbocycles. The lowest BCUT2D eigenvalue weighted by molar-refractivity contribution is 0.112. The molecule has 1 aromatic carbocycles. The van der Waals surface area contributed by atoms with Crippen molar-refractivity contribution in [1.29, 1.82) is 0 Å².